The summed E-state index contributed by atoms with van der Waals surface area (Å²) in [6.45, 7) is 7.96. The van der Waals surface area contributed by atoms with E-state index in [1.54, 1.807) is 0 Å². The van der Waals surface area contributed by atoms with Crippen molar-refractivity contribution < 1.29 is 9.53 Å². The maximum Gasteiger partial charge on any atom is 0.228 e. The molecule has 2 aromatic rings. The van der Waals surface area contributed by atoms with Crippen LogP contribution in [0.15, 0.2) is 48.5 Å². The monoisotopic (exact) mass is 393 g/mol. The highest BCUT2D eigenvalue weighted by atomic mass is 16.5. The summed E-state index contributed by atoms with van der Waals surface area (Å²) in [5, 5.41) is 3.02. The van der Waals surface area contributed by atoms with Gasteiger partial charge < -0.3 is 19.9 Å². The second kappa shape index (κ2) is 9.31. The van der Waals surface area contributed by atoms with E-state index in [1.807, 2.05) is 24.3 Å². The van der Waals surface area contributed by atoms with E-state index < -0.39 is 0 Å². The third-order valence-electron chi connectivity index (χ3n) is 5.98. The molecule has 0 atom stereocenters. The van der Waals surface area contributed by atoms with Crippen LogP contribution in [-0.2, 0) is 16.0 Å². The van der Waals surface area contributed by atoms with Crippen LogP contribution in [0.3, 0.4) is 0 Å². The molecule has 2 fully saturated rings. The Labute approximate surface area is 173 Å². The molecule has 0 aliphatic carbocycles. The van der Waals surface area contributed by atoms with E-state index in [0.717, 1.165) is 56.6 Å². The average molecular weight is 394 g/mol. The van der Waals surface area contributed by atoms with Crippen LogP contribution >= 0.6 is 0 Å². The van der Waals surface area contributed by atoms with Crippen molar-refractivity contribution in [2.24, 2.45) is 5.92 Å². The lowest BCUT2D eigenvalue weighted by Crippen LogP contribution is -2.36. The smallest absolute Gasteiger partial charge is 0.228 e. The Morgan fingerprint density at radius 2 is 1.45 bits per heavy atom. The molecule has 29 heavy (non-hydrogen) atoms. The van der Waals surface area contributed by atoms with E-state index in [4.69, 9.17) is 4.74 Å². The summed E-state index contributed by atoms with van der Waals surface area (Å²) in [5.74, 6) is 0.844. The number of hydrogen-bond acceptors (Lipinski definition) is 4. The third-order valence-corrected chi connectivity index (χ3v) is 5.98. The van der Waals surface area contributed by atoms with Gasteiger partial charge in [-0.05, 0) is 60.7 Å². The van der Waals surface area contributed by atoms with E-state index in [0.29, 0.717) is 6.42 Å². The molecule has 4 rings (SSSR count). The normalized spacial score (nSPS) is 18.0. The first-order valence-electron chi connectivity index (χ1n) is 10.7. The zero-order valence-corrected chi connectivity index (χ0v) is 17.3. The summed E-state index contributed by atoms with van der Waals surface area (Å²) in [7, 11) is 0. The Morgan fingerprint density at radius 3 is 2.07 bits per heavy atom. The van der Waals surface area contributed by atoms with Crippen LogP contribution in [0.5, 0.6) is 0 Å². The highest BCUT2D eigenvalue weighted by Crippen LogP contribution is 2.24. The van der Waals surface area contributed by atoms with Gasteiger partial charge in [0.2, 0.25) is 5.91 Å². The zero-order chi connectivity index (χ0) is 20.1. The molecule has 0 aromatic heterocycles. The number of carbonyl (C=O) groups excluding carboxylic acids is 1. The standard InChI is InChI=1S/C24H31N3O2/c1-19-10-12-26(13-11-19)23-8-4-21(5-9-23)25-24(28)18-20-2-6-22(7-3-20)27-14-16-29-17-15-27/h2-9,19H,10-18H2,1H3,(H,25,28). The molecule has 0 spiro atoms. The minimum atomic E-state index is 0.0173. The average Bonchev–Trinajstić information content (AvgIpc) is 2.76. The van der Waals surface area contributed by atoms with Gasteiger partial charge in [-0.15, -0.1) is 0 Å². The van der Waals surface area contributed by atoms with Crippen LogP contribution in [0.2, 0.25) is 0 Å². The van der Waals surface area contributed by atoms with E-state index in [-0.39, 0.29) is 5.91 Å². The minimum Gasteiger partial charge on any atom is -0.378 e. The SMILES string of the molecule is CC1CCN(c2ccc(NC(=O)Cc3ccc(N4CCOCC4)cc3)cc2)CC1. The third kappa shape index (κ3) is 5.30. The highest BCUT2D eigenvalue weighted by molar-refractivity contribution is 5.92. The van der Waals surface area contributed by atoms with Crippen LogP contribution in [-0.4, -0.2) is 45.3 Å². The number of ether oxygens (including phenoxy) is 1. The van der Waals surface area contributed by atoms with Crippen molar-refractivity contribution in [3.05, 3.63) is 54.1 Å². The van der Waals surface area contributed by atoms with Gasteiger partial charge in [-0.25, -0.2) is 0 Å². The van der Waals surface area contributed by atoms with Gasteiger partial charge in [-0.1, -0.05) is 19.1 Å². The number of carbonyl (C=O) groups is 1. The van der Waals surface area contributed by atoms with Crippen molar-refractivity contribution in [3.8, 4) is 0 Å². The number of anilines is 3. The molecule has 2 aliphatic heterocycles. The second-order valence-electron chi connectivity index (χ2n) is 8.21. The number of rotatable bonds is 5. The van der Waals surface area contributed by atoms with Crippen LogP contribution in [0, 0.1) is 5.92 Å². The Kier molecular flexibility index (Phi) is 6.35. The maximum atomic E-state index is 12.4. The molecule has 0 unspecified atom stereocenters. The van der Waals surface area contributed by atoms with E-state index in [9.17, 15) is 4.79 Å². The van der Waals surface area contributed by atoms with Crippen LogP contribution in [0.25, 0.3) is 0 Å². The predicted molar refractivity (Wildman–Crippen MR) is 119 cm³/mol. The topological polar surface area (TPSA) is 44.8 Å². The first kappa shape index (κ1) is 19.8. The minimum absolute atomic E-state index is 0.0173. The van der Waals surface area contributed by atoms with Crippen molar-refractivity contribution in [1.29, 1.82) is 0 Å². The molecule has 5 nitrogen and oxygen atoms in total. The molecule has 5 heteroatoms. The van der Waals surface area contributed by atoms with Crippen LogP contribution < -0.4 is 15.1 Å². The number of morpholine rings is 1. The van der Waals surface area contributed by atoms with Gasteiger partial charge in [0, 0.05) is 43.2 Å². The number of piperidine rings is 1. The number of hydrogen-bond donors (Lipinski definition) is 1. The second-order valence-corrected chi connectivity index (χ2v) is 8.21. The summed E-state index contributed by atoms with van der Waals surface area (Å²) in [6, 6.07) is 16.5. The molecule has 2 aromatic carbocycles. The number of nitrogens with one attached hydrogen (secondary N) is 1. The molecule has 0 radical (unpaired) electrons. The van der Waals surface area contributed by atoms with Crippen molar-refractivity contribution in [2.75, 3.05) is 54.5 Å². The number of benzene rings is 2. The van der Waals surface area contributed by atoms with Crippen molar-refractivity contribution in [2.45, 2.75) is 26.2 Å². The Balaban J connectivity index is 1.29. The molecule has 2 heterocycles. The first-order chi connectivity index (χ1) is 14.2. The lowest BCUT2D eigenvalue weighted by atomic mass is 9.99. The van der Waals surface area contributed by atoms with Gasteiger partial charge in [-0.3, -0.25) is 4.79 Å². The van der Waals surface area contributed by atoms with Gasteiger partial charge in [0.15, 0.2) is 0 Å². The van der Waals surface area contributed by atoms with Gasteiger partial charge in [0.25, 0.3) is 0 Å². The van der Waals surface area contributed by atoms with Crippen LogP contribution in [0.4, 0.5) is 17.1 Å². The lowest BCUT2D eigenvalue weighted by Gasteiger charge is -2.32. The van der Waals surface area contributed by atoms with E-state index in [1.165, 1.54) is 24.2 Å². The van der Waals surface area contributed by atoms with Crippen molar-refractivity contribution in [1.82, 2.24) is 0 Å². The molecular formula is C24H31N3O2. The molecule has 1 amide bonds. The Morgan fingerprint density at radius 1 is 0.897 bits per heavy atom. The first-order valence-corrected chi connectivity index (χ1v) is 10.7. The molecule has 0 saturated carbocycles. The Hall–Kier alpha value is -2.53. The molecule has 0 bridgehead atoms. The van der Waals surface area contributed by atoms with Gasteiger partial charge in [0.05, 0.1) is 19.6 Å². The molecule has 2 aliphatic rings. The number of nitrogens with zero attached hydrogens (tertiary/aromatic N) is 2. The van der Waals surface area contributed by atoms with Crippen molar-refractivity contribution in [3.63, 3.8) is 0 Å². The summed E-state index contributed by atoms with van der Waals surface area (Å²) in [6.07, 6.45) is 2.89. The van der Waals surface area contributed by atoms with Gasteiger partial charge in [-0.2, -0.15) is 0 Å². The summed E-state index contributed by atoms with van der Waals surface area (Å²) >= 11 is 0. The van der Waals surface area contributed by atoms with E-state index >= 15 is 0 Å². The fourth-order valence-electron chi connectivity index (χ4n) is 4.06. The number of amides is 1. The fraction of sp³-hybridized carbons (Fsp3) is 0.458. The maximum absolute atomic E-state index is 12.4. The van der Waals surface area contributed by atoms with E-state index in [2.05, 4.69) is 46.3 Å². The van der Waals surface area contributed by atoms with Gasteiger partial charge >= 0.3 is 0 Å². The molecule has 1 N–H and O–H groups in total. The Bertz CT molecular complexity index is 790. The summed E-state index contributed by atoms with van der Waals surface area (Å²) in [4.78, 5) is 17.2. The summed E-state index contributed by atoms with van der Waals surface area (Å²) in [5.41, 5.74) is 4.32. The van der Waals surface area contributed by atoms with Gasteiger partial charge in [0.1, 0.15) is 0 Å². The highest BCUT2D eigenvalue weighted by Gasteiger charge is 2.16. The van der Waals surface area contributed by atoms with Crippen LogP contribution in [0.1, 0.15) is 25.3 Å². The zero-order valence-electron chi connectivity index (χ0n) is 17.3. The quantitative estimate of drug-likeness (QED) is 0.836. The lowest BCUT2D eigenvalue weighted by molar-refractivity contribution is -0.115. The largest absolute Gasteiger partial charge is 0.378 e. The molecular weight excluding hydrogens is 362 g/mol. The fourth-order valence-corrected chi connectivity index (χ4v) is 4.06. The predicted octanol–water partition coefficient (Wildman–Crippen LogP) is 3.94. The molecule has 154 valence electrons. The van der Waals surface area contributed by atoms with Crippen molar-refractivity contribution >= 4 is 23.0 Å². The summed E-state index contributed by atoms with van der Waals surface area (Å²) < 4.78 is 5.40. The molecule has 2 saturated heterocycles.